The second-order valence-electron chi connectivity index (χ2n) is 22.3. The van der Waals surface area contributed by atoms with E-state index in [2.05, 4.69) is 260 Å². The summed E-state index contributed by atoms with van der Waals surface area (Å²) in [6.45, 7) is 25.9. The molecule has 7 aromatic carbocycles. The average Bonchev–Trinajstić information content (AvgIpc) is 3.87. The lowest BCUT2D eigenvalue weighted by Gasteiger charge is -2.28. The molecule has 3 heterocycles. The van der Waals surface area contributed by atoms with E-state index in [1.807, 2.05) is 6.20 Å². The first kappa shape index (κ1) is 44.7. The molecule has 10 rings (SSSR count). The molecular formula is C63H64N4O. The molecular weight excluding hydrogens is 829 g/mol. The van der Waals surface area contributed by atoms with Crippen LogP contribution in [0.3, 0.4) is 0 Å². The summed E-state index contributed by atoms with van der Waals surface area (Å²) in [5.74, 6) is 2.44. The standard InChI is InChI=1S/C63H64N4O/c1-60(2,3)45-26-29-56-58(37-45)66(49-33-43(42-20-14-12-15-21-42)32-47(34-49)61(4,5)6)41-65(56)50-35-48(62(7,8)9)36-52(39-50)68-51-27-28-54-53-24-18-19-25-55(53)67(57(54)40-51)59-38-46(30-31-64-59)63(10,11)44-22-16-13-17-23-44/h12-40H,41H2,1-11H3. The van der Waals surface area contributed by atoms with Crippen molar-refractivity contribution in [2.75, 3.05) is 16.5 Å². The number of hydrogen-bond acceptors (Lipinski definition) is 4. The summed E-state index contributed by atoms with van der Waals surface area (Å²) in [7, 11) is 0. The Morgan fingerprint density at radius 2 is 1.03 bits per heavy atom. The van der Waals surface area contributed by atoms with Gasteiger partial charge in [-0.25, -0.2) is 4.98 Å². The first-order chi connectivity index (χ1) is 32.3. The van der Waals surface area contributed by atoms with Crippen molar-refractivity contribution in [1.82, 2.24) is 9.55 Å². The van der Waals surface area contributed by atoms with Crippen molar-refractivity contribution in [1.29, 1.82) is 0 Å². The summed E-state index contributed by atoms with van der Waals surface area (Å²) in [6.07, 6.45) is 1.95. The fraction of sp³-hybridized carbons (Fsp3) is 0.254. The molecule has 1 aliphatic rings. The maximum Gasteiger partial charge on any atom is 0.137 e. The van der Waals surface area contributed by atoms with Crippen LogP contribution in [0.15, 0.2) is 176 Å². The van der Waals surface area contributed by atoms with Crippen LogP contribution in [0.4, 0.5) is 22.7 Å². The van der Waals surface area contributed by atoms with E-state index in [9.17, 15) is 0 Å². The number of benzene rings is 7. The Labute approximate surface area is 403 Å². The second-order valence-corrected chi connectivity index (χ2v) is 22.3. The number of aromatic nitrogens is 2. The van der Waals surface area contributed by atoms with Crippen molar-refractivity contribution in [2.45, 2.75) is 97.8 Å². The average molecular weight is 893 g/mol. The van der Waals surface area contributed by atoms with E-state index in [1.165, 1.54) is 61.4 Å². The van der Waals surface area contributed by atoms with E-state index in [-0.39, 0.29) is 21.7 Å². The molecule has 68 heavy (non-hydrogen) atoms. The quantitative estimate of drug-likeness (QED) is 0.152. The number of pyridine rings is 1. The molecule has 2 aromatic heterocycles. The minimum Gasteiger partial charge on any atom is -0.457 e. The molecule has 0 fully saturated rings. The number of ether oxygens (including phenoxy) is 1. The van der Waals surface area contributed by atoms with E-state index in [1.54, 1.807) is 0 Å². The Morgan fingerprint density at radius 3 is 1.74 bits per heavy atom. The van der Waals surface area contributed by atoms with Gasteiger partial charge in [0.15, 0.2) is 0 Å². The molecule has 5 nitrogen and oxygen atoms in total. The summed E-state index contributed by atoms with van der Waals surface area (Å²) < 4.78 is 9.34. The van der Waals surface area contributed by atoms with Crippen LogP contribution < -0.4 is 14.5 Å². The highest BCUT2D eigenvalue weighted by Crippen LogP contribution is 2.49. The smallest absolute Gasteiger partial charge is 0.137 e. The lowest BCUT2D eigenvalue weighted by atomic mass is 9.78. The zero-order chi connectivity index (χ0) is 47.8. The highest BCUT2D eigenvalue weighted by Gasteiger charge is 2.33. The Morgan fingerprint density at radius 1 is 0.412 bits per heavy atom. The minimum atomic E-state index is -0.217. The molecule has 0 saturated heterocycles. The minimum absolute atomic E-state index is 0.0197. The van der Waals surface area contributed by atoms with Crippen molar-refractivity contribution in [3.63, 3.8) is 0 Å². The van der Waals surface area contributed by atoms with Gasteiger partial charge in [-0.3, -0.25) is 4.57 Å². The van der Waals surface area contributed by atoms with Crippen LogP contribution in [0.25, 0.3) is 38.8 Å². The molecule has 0 N–H and O–H groups in total. The lowest BCUT2D eigenvalue weighted by Crippen LogP contribution is -2.25. The van der Waals surface area contributed by atoms with Crippen LogP contribution in [-0.2, 0) is 21.7 Å². The van der Waals surface area contributed by atoms with Crippen LogP contribution in [0.5, 0.6) is 11.5 Å². The molecule has 9 aromatic rings. The summed E-state index contributed by atoms with van der Waals surface area (Å²) in [5.41, 5.74) is 15.1. The highest BCUT2D eigenvalue weighted by molar-refractivity contribution is 6.09. The van der Waals surface area contributed by atoms with Gasteiger partial charge in [0.25, 0.3) is 0 Å². The van der Waals surface area contributed by atoms with E-state index in [0.29, 0.717) is 6.67 Å². The number of anilines is 4. The van der Waals surface area contributed by atoms with Gasteiger partial charge in [-0.2, -0.15) is 0 Å². The van der Waals surface area contributed by atoms with E-state index in [4.69, 9.17) is 9.72 Å². The zero-order valence-corrected chi connectivity index (χ0v) is 41.6. The van der Waals surface area contributed by atoms with Crippen molar-refractivity contribution < 1.29 is 4.74 Å². The molecule has 0 bridgehead atoms. The van der Waals surface area contributed by atoms with Crippen LogP contribution in [0.2, 0.25) is 0 Å². The molecule has 0 atom stereocenters. The van der Waals surface area contributed by atoms with Gasteiger partial charge < -0.3 is 14.5 Å². The number of fused-ring (bicyclic) bond motifs is 4. The Balaban J connectivity index is 1.08. The summed E-state index contributed by atoms with van der Waals surface area (Å²) in [4.78, 5) is 9.98. The first-order valence-electron chi connectivity index (χ1n) is 24.1. The largest absolute Gasteiger partial charge is 0.457 e. The molecule has 0 radical (unpaired) electrons. The van der Waals surface area contributed by atoms with Gasteiger partial charge in [0.1, 0.15) is 24.0 Å². The van der Waals surface area contributed by atoms with Gasteiger partial charge >= 0.3 is 0 Å². The second kappa shape index (κ2) is 16.6. The highest BCUT2D eigenvalue weighted by atomic mass is 16.5. The molecule has 0 saturated carbocycles. The van der Waals surface area contributed by atoms with E-state index >= 15 is 0 Å². The van der Waals surface area contributed by atoms with Crippen molar-refractivity contribution >= 4 is 44.6 Å². The fourth-order valence-electron chi connectivity index (χ4n) is 9.75. The zero-order valence-electron chi connectivity index (χ0n) is 41.6. The summed E-state index contributed by atoms with van der Waals surface area (Å²) in [5, 5.41) is 2.33. The van der Waals surface area contributed by atoms with Gasteiger partial charge in [0, 0.05) is 45.9 Å². The monoisotopic (exact) mass is 893 g/mol. The lowest BCUT2D eigenvalue weighted by molar-refractivity contribution is 0.479. The summed E-state index contributed by atoms with van der Waals surface area (Å²) >= 11 is 0. The molecule has 0 aliphatic carbocycles. The fourth-order valence-corrected chi connectivity index (χ4v) is 9.75. The summed E-state index contributed by atoms with van der Waals surface area (Å²) in [6, 6.07) is 62.0. The first-order valence-corrected chi connectivity index (χ1v) is 24.1. The van der Waals surface area contributed by atoms with Crippen LogP contribution in [0.1, 0.15) is 104 Å². The van der Waals surface area contributed by atoms with Gasteiger partial charge in [-0.1, -0.05) is 167 Å². The Hall–Kier alpha value is -7.11. The van der Waals surface area contributed by atoms with E-state index in [0.717, 1.165) is 39.4 Å². The van der Waals surface area contributed by atoms with E-state index < -0.39 is 0 Å². The number of nitrogens with zero attached hydrogens (tertiary/aromatic N) is 4. The third-order valence-electron chi connectivity index (χ3n) is 14.1. The maximum absolute atomic E-state index is 7.05. The molecule has 0 unspecified atom stereocenters. The predicted molar refractivity (Wildman–Crippen MR) is 287 cm³/mol. The molecule has 342 valence electrons. The van der Waals surface area contributed by atoms with Crippen LogP contribution in [0, 0.1) is 0 Å². The van der Waals surface area contributed by atoms with Gasteiger partial charge in [0.05, 0.1) is 22.4 Å². The number of para-hydroxylation sites is 1. The van der Waals surface area contributed by atoms with Gasteiger partial charge in [-0.05, 0) is 122 Å². The molecule has 1 aliphatic heterocycles. The normalized spacial score (nSPS) is 13.4. The van der Waals surface area contributed by atoms with Gasteiger partial charge in [0.2, 0.25) is 0 Å². The van der Waals surface area contributed by atoms with Crippen molar-refractivity contribution in [2.24, 2.45) is 0 Å². The van der Waals surface area contributed by atoms with Crippen molar-refractivity contribution in [3.8, 4) is 28.4 Å². The Bertz CT molecular complexity index is 3320. The maximum atomic E-state index is 7.05. The predicted octanol–water partition coefficient (Wildman–Crippen LogP) is 17.1. The third kappa shape index (κ3) is 8.33. The van der Waals surface area contributed by atoms with Crippen LogP contribution in [-0.4, -0.2) is 16.2 Å². The number of rotatable bonds is 8. The topological polar surface area (TPSA) is 33.5 Å². The third-order valence-corrected chi connectivity index (χ3v) is 14.1. The number of hydrogen-bond donors (Lipinski definition) is 0. The molecule has 0 spiro atoms. The Kier molecular flexibility index (Phi) is 10.9. The van der Waals surface area contributed by atoms with Crippen molar-refractivity contribution in [3.05, 3.63) is 204 Å². The SMILES string of the molecule is CC(C)(C)c1cc(Oc2ccc3c4ccccc4n(-c4cc(C(C)(C)c5ccccc5)ccn4)c3c2)cc(N2CN(c3cc(-c4ccccc4)cc(C(C)(C)C)c3)c3cc(C(C)(C)C)ccc32)c1. The van der Waals surface area contributed by atoms with Gasteiger partial charge in [-0.15, -0.1) is 0 Å². The molecule has 0 amide bonds. The molecule has 5 heteroatoms. The van der Waals surface area contributed by atoms with Crippen LogP contribution >= 0.6 is 0 Å².